The average molecular weight is 644 g/mol. The maximum atomic E-state index is 14.6. The highest BCUT2D eigenvalue weighted by Gasteiger charge is 2.59. The van der Waals surface area contributed by atoms with Gasteiger partial charge in [0.1, 0.15) is 11.4 Å². The molecule has 9 heteroatoms. The van der Waals surface area contributed by atoms with Gasteiger partial charge in [-0.2, -0.15) is 8.42 Å². The van der Waals surface area contributed by atoms with Crippen LogP contribution in [-0.4, -0.2) is 60.2 Å². The van der Waals surface area contributed by atoms with Gasteiger partial charge in [-0.15, -0.1) is 3.89 Å². The van der Waals surface area contributed by atoms with Gasteiger partial charge in [0.2, 0.25) is 0 Å². The predicted octanol–water partition coefficient (Wildman–Crippen LogP) is 6.58. The number of ether oxygens (including phenoxy) is 3. The van der Waals surface area contributed by atoms with Crippen molar-refractivity contribution in [3.05, 3.63) is 114 Å². The number of nitrogens with zero attached hydrogens (tertiary/aromatic N) is 2. The summed E-state index contributed by atoms with van der Waals surface area (Å²) in [5, 5.41) is 0. The van der Waals surface area contributed by atoms with E-state index in [9.17, 15) is 13.2 Å². The van der Waals surface area contributed by atoms with Crippen molar-refractivity contribution in [3.63, 3.8) is 0 Å². The zero-order valence-electron chi connectivity index (χ0n) is 27.0. The van der Waals surface area contributed by atoms with E-state index < -0.39 is 25.7 Å². The third kappa shape index (κ3) is 6.54. The van der Waals surface area contributed by atoms with Crippen LogP contribution in [0.5, 0.6) is 17.2 Å². The Labute approximate surface area is 272 Å². The van der Waals surface area contributed by atoms with Crippen LogP contribution in [0.4, 0.5) is 5.69 Å². The van der Waals surface area contributed by atoms with Crippen molar-refractivity contribution < 1.29 is 27.4 Å². The van der Waals surface area contributed by atoms with Gasteiger partial charge in [-0.25, -0.2) is 4.79 Å². The largest absolute Gasteiger partial charge is 0.493 e. The number of hydrogen-bond acceptors (Lipinski definition) is 7. The SMILES string of the molecule is COc1ccc(CCN(C)CCCCOc2ccccc2[N+]2(Cc3ccccc3)C(=O)C(C)c3ccccc3S2(=O)=O)cc1OC. The minimum Gasteiger partial charge on any atom is -0.493 e. The van der Waals surface area contributed by atoms with Crippen LogP contribution < -0.4 is 18.1 Å². The summed E-state index contributed by atoms with van der Waals surface area (Å²) in [6, 6.07) is 29.2. The highest BCUT2D eigenvalue weighted by molar-refractivity contribution is 7.91. The van der Waals surface area contributed by atoms with E-state index in [0.717, 1.165) is 49.4 Å². The van der Waals surface area contributed by atoms with Gasteiger partial charge < -0.3 is 19.1 Å². The summed E-state index contributed by atoms with van der Waals surface area (Å²) in [6.07, 6.45) is 2.55. The van der Waals surface area contributed by atoms with E-state index in [-0.39, 0.29) is 11.4 Å². The Morgan fingerprint density at radius 2 is 1.46 bits per heavy atom. The number of quaternary nitrogens is 1. The Kier molecular flexibility index (Phi) is 10.5. The number of rotatable bonds is 14. The van der Waals surface area contributed by atoms with E-state index in [2.05, 4.69) is 18.0 Å². The van der Waals surface area contributed by atoms with Crippen molar-refractivity contribution in [3.8, 4) is 17.2 Å². The molecule has 0 saturated heterocycles. The second-order valence-corrected chi connectivity index (χ2v) is 13.7. The maximum absolute atomic E-state index is 14.6. The van der Waals surface area contributed by atoms with Crippen LogP contribution in [0.25, 0.3) is 0 Å². The van der Waals surface area contributed by atoms with Crippen molar-refractivity contribution in [2.75, 3.05) is 41.0 Å². The number of amides is 1. The Balaban J connectivity index is 1.30. The lowest BCUT2D eigenvalue weighted by Crippen LogP contribution is -2.61. The topological polar surface area (TPSA) is 82.1 Å². The summed E-state index contributed by atoms with van der Waals surface area (Å²) < 4.78 is 45.4. The molecule has 4 aromatic rings. The van der Waals surface area contributed by atoms with Crippen LogP contribution in [0, 0.1) is 0 Å². The normalized spacial score (nSPS) is 18.6. The summed E-state index contributed by atoms with van der Waals surface area (Å²) in [4.78, 5) is 16.8. The number of hydrogen-bond donors (Lipinski definition) is 0. The highest BCUT2D eigenvalue weighted by Crippen LogP contribution is 2.48. The first-order chi connectivity index (χ1) is 22.2. The Hall–Kier alpha value is -4.18. The summed E-state index contributed by atoms with van der Waals surface area (Å²) in [5.74, 6) is 0.839. The monoisotopic (exact) mass is 643 g/mol. The molecule has 0 radical (unpaired) electrons. The van der Waals surface area contributed by atoms with Crippen LogP contribution >= 0.6 is 0 Å². The van der Waals surface area contributed by atoms with Gasteiger partial charge >= 0.3 is 15.9 Å². The van der Waals surface area contributed by atoms with Crippen molar-refractivity contribution in [1.82, 2.24) is 8.79 Å². The van der Waals surface area contributed by atoms with Gasteiger partial charge in [0.05, 0.1) is 26.7 Å². The summed E-state index contributed by atoms with van der Waals surface area (Å²) in [5.41, 5.74) is 2.79. The fourth-order valence-electron chi connectivity index (χ4n) is 6.15. The van der Waals surface area contributed by atoms with Gasteiger partial charge in [0.25, 0.3) is 0 Å². The molecule has 5 rings (SSSR count). The minimum atomic E-state index is -4.20. The average Bonchev–Trinajstić information content (AvgIpc) is 3.08. The standard InChI is InChI=1S/C37H43N2O6S/c1-28-31-16-8-11-19-36(31)46(41,42)39(37(28)40,27-30-14-6-5-7-15-30)32-17-9-10-18-33(32)45-25-13-12-23-38(2)24-22-29-20-21-34(43-3)35(26-29)44-4/h5-11,14-21,26,28H,12-13,22-25,27H2,1-4H3/q+1. The second-order valence-electron chi connectivity index (χ2n) is 11.7. The number of fused-ring (bicyclic) bond motifs is 1. The van der Waals surface area contributed by atoms with Crippen molar-refractivity contribution in [1.29, 1.82) is 0 Å². The van der Waals surface area contributed by atoms with E-state index in [1.807, 2.05) is 48.5 Å². The highest BCUT2D eigenvalue weighted by atomic mass is 32.2. The van der Waals surface area contributed by atoms with Gasteiger partial charge in [-0.3, -0.25) is 0 Å². The fraction of sp³-hybridized carbons (Fsp3) is 0.324. The lowest BCUT2D eigenvalue weighted by Gasteiger charge is -2.40. The first-order valence-electron chi connectivity index (χ1n) is 15.7. The molecule has 2 atom stereocenters. The third-order valence-electron chi connectivity index (χ3n) is 8.72. The first-order valence-corrected chi connectivity index (χ1v) is 17.1. The minimum absolute atomic E-state index is 0.0358. The quantitative estimate of drug-likeness (QED) is 0.113. The van der Waals surface area contributed by atoms with Crippen molar-refractivity contribution in [2.24, 2.45) is 0 Å². The number of likely N-dealkylation sites (N-methyl/N-ethyl adjacent to an activating group) is 1. The number of benzene rings is 4. The van der Waals surface area contributed by atoms with E-state index in [4.69, 9.17) is 14.2 Å². The summed E-state index contributed by atoms with van der Waals surface area (Å²) in [7, 11) is 1.17. The number of carbonyl (C=O) groups is 1. The van der Waals surface area contributed by atoms with Crippen LogP contribution in [0.3, 0.4) is 0 Å². The van der Waals surface area contributed by atoms with Crippen molar-refractivity contribution in [2.45, 2.75) is 43.5 Å². The van der Waals surface area contributed by atoms with E-state index >= 15 is 0 Å². The smallest absolute Gasteiger partial charge is 0.341 e. The molecule has 4 aromatic carbocycles. The molecule has 1 amide bonds. The van der Waals surface area contributed by atoms with Crippen LogP contribution in [-0.2, 0) is 27.8 Å². The summed E-state index contributed by atoms with van der Waals surface area (Å²) in [6.45, 7) is 3.92. The molecule has 8 nitrogen and oxygen atoms in total. The number of para-hydroxylation sites is 2. The first kappa shape index (κ1) is 33.2. The molecule has 0 spiro atoms. The zero-order chi connectivity index (χ0) is 32.7. The number of carbonyl (C=O) groups excluding carboxylic acids is 1. The van der Waals surface area contributed by atoms with Crippen molar-refractivity contribution >= 4 is 21.6 Å². The number of sulfonamides is 1. The molecule has 0 bridgehead atoms. The molecule has 0 aromatic heterocycles. The fourth-order valence-corrected chi connectivity index (χ4v) is 8.41. The molecule has 2 unspecified atom stereocenters. The molecular weight excluding hydrogens is 600 g/mol. The Bertz CT molecular complexity index is 1760. The lowest BCUT2D eigenvalue weighted by molar-refractivity contribution is -0.128. The molecule has 1 heterocycles. The van der Waals surface area contributed by atoms with Gasteiger partial charge in [0, 0.05) is 18.2 Å². The van der Waals surface area contributed by atoms with Gasteiger partial charge in [-0.05, 0) is 75.2 Å². The van der Waals surface area contributed by atoms with E-state index in [0.29, 0.717) is 23.6 Å². The van der Waals surface area contributed by atoms with Crippen LogP contribution in [0.2, 0.25) is 0 Å². The Morgan fingerprint density at radius 1 is 0.761 bits per heavy atom. The van der Waals surface area contributed by atoms with Gasteiger partial charge in [0.15, 0.2) is 22.9 Å². The van der Waals surface area contributed by atoms with E-state index in [1.54, 1.807) is 63.6 Å². The summed E-state index contributed by atoms with van der Waals surface area (Å²) >= 11 is 0. The molecule has 1 aliphatic rings. The molecule has 0 N–H and O–H groups in total. The molecule has 1 aliphatic heterocycles. The van der Waals surface area contributed by atoms with Crippen LogP contribution in [0.15, 0.2) is 102 Å². The van der Waals surface area contributed by atoms with Crippen LogP contribution in [0.1, 0.15) is 42.4 Å². The number of methoxy groups -OCH3 is 2. The maximum Gasteiger partial charge on any atom is 0.341 e. The molecule has 46 heavy (non-hydrogen) atoms. The molecule has 242 valence electrons. The third-order valence-corrected chi connectivity index (χ3v) is 11.0. The van der Waals surface area contributed by atoms with E-state index in [1.165, 1.54) is 5.56 Å². The predicted molar refractivity (Wildman–Crippen MR) is 181 cm³/mol. The molecule has 0 saturated carbocycles. The molecular formula is C37H43N2O6S+. The molecule has 0 aliphatic carbocycles. The lowest BCUT2D eigenvalue weighted by atomic mass is 9.98. The second kappa shape index (κ2) is 14.5. The number of unbranched alkanes of at least 4 members (excludes halogenated alkanes) is 1. The zero-order valence-corrected chi connectivity index (χ0v) is 27.8. The Morgan fingerprint density at radius 3 is 2.22 bits per heavy atom. The van der Waals surface area contributed by atoms with Gasteiger partial charge in [-0.1, -0.05) is 66.7 Å². The molecule has 0 fully saturated rings.